The molecular weight excluding hydrogens is 743 g/mol. The van der Waals surface area contributed by atoms with E-state index in [9.17, 15) is 14.7 Å². The van der Waals surface area contributed by atoms with Gasteiger partial charge in [-0.25, -0.2) is 4.98 Å². The molecule has 2 amide bonds. The molecule has 13 heteroatoms. The van der Waals surface area contributed by atoms with E-state index in [0.717, 1.165) is 123 Å². The van der Waals surface area contributed by atoms with Crippen LogP contribution in [-0.4, -0.2) is 148 Å². The van der Waals surface area contributed by atoms with Gasteiger partial charge in [0.15, 0.2) is 0 Å². The minimum atomic E-state index is -0.526. The predicted molar refractivity (Wildman–Crippen MR) is 232 cm³/mol. The van der Waals surface area contributed by atoms with Gasteiger partial charge in [-0.15, -0.1) is 0 Å². The van der Waals surface area contributed by atoms with Crippen molar-refractivity contribution in [1.29, 1.82) is 0 Å². The van der Waals surface area contributed by atoms with Crippen LogP contribution in [0.2, 0.25) is 0 Å². The third kappa shape index (κ3) is 10.9. The van der Waals surface area contributed by atoms with E-state index < -0.39 is 12.3 Å². The molecule has 59 heavy (non-hydrogen) atoms. The SMILES string of the molecule is CC(C)C[C@@H](C(=O)N1CCC(Cc2nc3c(n2C)CCC3)CC1)N1CCN[C@@H](CC(C)CCC(C)C[C@@H](C(O)N2CCC(CCN)CC2)N2CCN[C@@H](C)C3OC32)C1=O. The van der Waals surface area contributed by atoms with Crippen molar-refractivity contribution in [2.24, 2.45) is 42.4 Å². The molecule has 1 aromatic rings. The Balaban J connectivity index is 0.910. The summed E-state index contributed by atoms with van der Waals surface area (Å²) in [5.41, 5.74) is 8.59. The second-order valence-corrected chi connectivity index (χ2v) is 20.3. The van der Waals surface area contributed by atoms with Crippen molar-refractivity contribution in [2.75, 3.05) is 58.9 Å². The van der Waals surface area contributed by atoms with Gasteiger partial charge in [-0.3, -0.25) is 19.4 Å². The number of aromatic nitrogens is 2. The molecule has 5 N–H and O–H groups in total. The number of epoxide rings is 1. The number of piperazine rings is 1. The number of imidazole rings is 1. The molecule has 5 fully saturated rings. The number of nitrogens with two attached hydrogens (primary N) is 1. The van der Waals surface area contributed by atoms with Gasteiger partial charge in [-0.1, -0.05) is 40.5 Å². The van der Waals surface area contributed by atoms with E-state index in [1.165, 1.54) is 23.6 Å². The summed E-state index contributed by atoms with van der Waals surface area (Å²) >= 11 is 0. The van der Waals surface area contributed by atoms with Crippen molar-refractivity contribution in [3.05, 3.63) is 17.2 Å². The second kappa shape index (κ2) is 20.4. The van der Waals surface area contributed by atoms with Crippen LogP contribution < -0.4 is 16.4 Å². The van der Waals surface area contributed by atoms with Crippen LogP contribution in [0.3, 0.4) is 0 Å². The maximum atomic E-state index is 14.3. The summed E-state index contributed by atoms with van der Waals surface area (Å²) in [5.74, 6) is 3.70. The lowest BCUT2D eigenvalue weighted by molar-refractivity contribution is -0.150. The van der Waals surface area contributed by atoms with Gasteiger partial charge in [0.1, 0.15) is 30.4 Å². The van der Waals surface area contributed by atoms with Crippen LogP contribution in [0, 0.1) is 29.6 Å². The molecule has 5 unspecified atom stereocenters. The molecule has 0 radical (unpaired) electrons. The average molecular weight is 824 g/mol. The largest absolute Gasteiger partial charge is 0.377 e. The molecule has 5 aliphatic heterocycles. The lowest BCUT2D eigenvalue weighted by Crippen LogP contribution is -2.62. The van der Waals surface area contributed by atoms with Crippen molar-refractivity contribution < 1.29 is 19.4 Å². The number of carbonyl (C=O) groups is 2. The van der Waals surface area contributed by atoms with E-state index in [1.807, 2.05) is 4.90 Å². The number of fused-ring (bicyclic) bond motifs is 2. The summed E-state index contributed by atoms with van der Waals surface area (Å²) in [7, 11) is 2.17. The van der Waals surface area contributed by atoms with E-state index in [1.54, 1.807) is 0 Å². The Morgan fingerprint density at radius 2 is 1.64 bits per heavy atom. The maximum Gasteiger partial charge on any atom is 0.245 e. The molecule has 6 heterocycles. The molecular formula is C46H81N9O4. The minimum Gasteiger partial charge on any atom is -0.377 e. The predicted octanol–water partition coefficient (Wildman–Crippen LogP) is 3.50. The molecule has 7 rings (SSSR count). The van der Waals surface area contributed by atoms with Crippen LogP contribution in [0.5, 0.6) is 0 Å². The highest BCUT2D eigenvalue weighted by Crippen LogP contribution is 2.36. The molecule has 9 atom stereocenters. The van der Waals surface area contributed by atoms with E-state index >= 15 is 0 Å². The number of carbonyl (C=O) groups excluding carboxylic acids is 2. The van der Waals surface area contributed by atoms with Crippen molar-refractivity contribution in [3.8, 4) is 0 Å². The zero-order valence-corrected chi connectivity index (χ0v) is 37.6. The number of ether oxygens (including phenoxy) is 1. The molecule has 0 bridgehead atoms. The summed E-state index contributed by atoms with van der Waals surface area (Å²) in [6, 6.07) is -0.349. The summed E-state index contributed by atoms with van der Waals surface area (Å²) in [5, 5.41) is 19.2. The van der Waals surface area contributed by atoms with Crippen LogP contribution >= 0.6 is 0 Å². The molecule has 6 aliphatic rings. The monoisotopic (exact) mass is 824 g/mol. The Bertz CT molecular complexity index is 1520. The second-order valence-electron chi connectivity index (χ2n) is 20.3. The Morgan fingerprint density at radius 1 is 0.932 bits per heavy atom. The average Bonchev–Trinajstić information content (AvgIpc) is 3.83. The lowest BCUT2D eigenvalue weighted by Gasteiger charge is -2.43. The fraction of sp³-hybridized carbons (Fsp3) is 0.891. The number of nitrogens with one attached hydrogen (secondary N) is 2. The maximum absolute atomic E-state index is 14.3. The minimum absolute atomic E-state index is 0.00569. The highest BCUT2D eigenvalue weighted by Gasteiger charge is 2.52. The highest BCUT2D eigenvalue weighted by molar-refractivity contribution is 5.90. The molecule has 334 valence electrons. The Morgan fingerprint density at radius 3 is 2.36 bits per heavy atom. The number of piperidine rings is 2. The van der Waals surface area contributed by atoms with Crippen molar-refractivity contribution >= 4 is 11.8 Å². The summed E-state index contributed by atoms with van der Waals surface area (Å²) in [4.78, 5) is 42.3. The zero-order valence-electron chi connectivity index (χ0n) is 37.6. The molecule has 0 saturated carbocycles. The van der Waals surface area contributed by atoms with E-state index in [0.29, 0.717) is 55.1 Å². The van der Waals surface area contributed by atoms with Gasteiger partial charge >= 0.3 is 0 Å². The first-order valence-electron chi connectivity index (χ1n) is 24.0. The number of hydrogen-bond acceptors (Lipinski definition) is 10. The van der Waals surface area contributed by atoms with E-state index in [-0.39, 0.29) is 36.2 Å². The number of rotatable bonds is 18. The van der Waals surface area contributed by atoms with Crippen LogP contribution in [-0.2, 0) is 40.6 Å². The molecule has 13 nitrogen and oxygen atoms in total. The van der Waals surface area contributed by atoms with Crippen molar-refractivity contribution in [1.82, 2.24) is 39.8 Å². The smallest absolute Gasteiger partial charge is 0.245 e. The first-order valence-corrected chi connectivity index (χ1v) is 24.0. The lowest BCUT2D eigenvalue weighted by atomic mass is 9.87. The number of aliphatic hydroxyl groups excluding tert-OH is 1. The van der Waals surface area contributed by atoms with Gasteiger partial charge in [0, 0.05) is 77.6 Å². The first-order chi connectivity index (χ1) is 28.4. The number of hydrogen-bond donors (Lipinski definition) is 4. The van der Waals surface area contributed by atoms with E-state index in [2.05, 4.69) is 71.6 Å². The molecule has 0 spiro atoms. The van der Waals surface area contributed by atoms with Gasteiger partial charge in [-0.05, 0) is 114 Å². The normalized spacial score (nSPS) is 28.9. The molecule has 1 aromatic heterocycles. The van der Waals surface area contributed by atoms with Gasteiger partial charge in [0.2, 0.25) is 11.8 Å². The van der Waals surface area contributed by atoms with Gasteiger partial charge in [-0.2, -0.15) is 0 Å². The quantitative estimate of drug-likeness (QED) is 0.162. The molecule has 5 saturated heterocycles. The highest BCUT2D eigenvalue weighted by atomic mass is 16.6. The Hall–Kier alpha value is -2.13. The number of aryl methyl sites for hydroxylation is 1. The third-order valence-corrected chi connectivity index (χ3v) is 15.3. The van der Waals surface area contributed by atoms with Crippen LogP contribution in [0.15, 0.2) is 0 Å². The Labute approximate surface area is 355 Å². The summed E-state index contributed by atoms with van der Waals surface area (Å²) < 4.78 is 8.54. The standard InChI is InChI=1S/C46H81N9O4/c1-30(2)26-39(44(57)53-22-15-35(16-23-53)29-41-50-36-8-7-9-38(36)51(41)6)54-24-19-49-37(43(54)56)27-31(3)10-11-32(4)28-40(55-25-18-48-33(5)42-46(55)59-42)45(58)52-20-13-34(12-17-47)14-21-52/h30-35,37,39-40,42,45-46,48-49,58H,7-29,47H2,1-6H3/t31?,32?,33-,37-,39-,40-,42?,45?,46?/m0/s1. The number of aliphatic hydroxyl groups is 1. The number of nitrogens with zero attached hydrogens (tertiary/aromatic N) is 6. The number of likely N-dealkylation sites (tertiary alicyclic amines) is 2. The third-order valence-electron chi connectivity index (χ3n) is 15.3. The summed E-state index contributed by atoms with van der Waals surface area (Å²) in [6.45, 7) is 18.3. The fourth-order valence-electron chi connectivity index (χ4n) is 11.4. The Kier molecular flexibility index (Phi) is 15.5. The molecule has 1 aliphatic carbocycles. The topological polar surface area (TPSA) is 148 Å². The van der Waals surface area contributed by atoms with Gasteiger partial charge in [0.05, 0.1) is 17.8 Å². The van der Waals surface area contributed by atoms with Crippen LogP contribution in [0.4, 0.5) is 0 Å². The van der Waals surface area contributed by atoms with Crippen molar-refractivity contribution in [2.45, 2.75) is 167 Å². The number of amides is 2. The fourth-order valence-corrected chi connectivity index (χ4v) is 11.4. The van der Waals surface area contributed by atoms with E-state index in [4.69, 9.17) is 15.5 Å². The van der Waals surface area contributed by atoms with Crippen LogP contribution in [0.1, 0.15) is 122 Å². The zero-order chi connectivity index (χ0) is 41.8. The first kappa shape index (κ1) is 44.9. The van der Waals surface area contributed by atoms with Crippen molar-refractivity contribution in [3.63, 3.8) is 0 Å². The molecule has 0 aromatic carbocycles. The van der Waals surface area contributed by atoms with Crippen LogP contribution in [0.25, 0.3) is 0 Å². The van der Waals surface area contributed by atoms with Gasteiger partial charge < -0.3 is 40.6 Å². The summed E-state index contributed by atoms with van der Waals surface area (Å²) in [6.07, 6.45) is 13.9. The van der Waals surface area contributed by atoms with Gasteiger partial charge in [0.25, 0.3) is 0 Å².